The molecule has 4 heteroatoms. The highest BCUT2D eigenvalue weighted by atomic mass is 32.2. The average Bonchev–Trinajstić information content (AvgIpc) is 2.37. The van der Waals surface area contributed by atoms with E-state index in [-0.39, 0.29) is 11.8 Å². The molecule has 2 unspecified atom stereocenters. The van der Waals surface area contributed by atoms with Crippen LogP contribution in [0.4, 0.5) is 0 Å². The Hall–Kier alpha value is -1.16. The molecule has 1 amide bonds. The molecular weight excluding hydrogens is 258 g/mol. The number of hydrogen-bond donors (Lipinski definition) is 0. The first-order chi connectivity index (χ1) is 8.93. The van der Waals surface area contributed by atoms with Crippen LogP contribution < -0.4 is 0 Å². The van der Waals surface area contributed by atoms with Gasteiger partial charge in [0.1, 0.15) is 0 Å². The maximum atomic E-state index is 11.7. The summed E-state index contributed by atoms with van der Waals surface area (Å²) in [5, 5.41) is 0. The molecule has 0 spiro atoms. The molecule has 0 aromatic heterocycles. The lowest BCUT2D eigenvalue weighted by atomic mass is 9.98. The minimum Gasteiger partial charge on any atom is -0.272 e. The van der Waals surface area contributed by atoms with E-state index in [1.165, 1.54) is 5.56 Å². The summed E-state index contributed by atoms with van der Waals surface area (Å²) < 4.78 is 15.5. The van der Waals surface area contributed by atoms with E-state index in [1.807, 2.05) is 25.1 Å². The summed E-state index contributed by atoms with van der Waals surface area (Å²) in [7, 11) is -2.31. The molecule has 0 fully saturated rings. The molecule has 19 heavy (non-hydrogen) atoms. The molecule has 106 valence electrons. The molecule has 1 aromatic carbocycles. The van der Waals surface area contributed by atoms with E-state index in [9.17, 15) is 9.00 Å². The summed E-state index contributed by atoms with van der Waals surface area (Å²) in [6.45, 7) is 3.83. The molecule has 0 saturated carbocycles. The van der Waals surface area contributed by atoms with Crippen LogP contribution in [0.2, 0.25) is 0 Å². The second kappa shape index (κ2) is 7.43. The van der Waals surface area contributed by atoms with Crippen LogP contribution in [-0.2, 0) is 20.9 Å². The van der Waals surface area contributed by atoms with Crippen LogP contribution in [-0.4, -0.2) is 22.1 Å². The lowest BCUT2D eigenvalue weighted by Crippen LogP contribution is -2.09. The molecule has 1 rings (SSSR count). The molecule has 2 atom stereocenters. The van der Waals surface area contributed by atoms with Gasteiger partial charge >= 0.3 is 0 Å². The van der Waals surface area contributed by atoms with Crippen LogP contribution in [0.3, 0.4) is 0 Å². The number of hydrogen-bond acceptors (Lipinski definition) is 2. The summed E-state index contributed by atoms with van der Waals surface area (Å²) in [6, 6.07) is 10.2. The third-order valence-corrected chi connectivity index (χ3v) is 4.78. The van der Waals surface area contributed by atoms with Crippen molar-refractivity contribution in [2.24, 2.45) is 10.3 Å². The third-order valence-electron chi connectivity index (χ3n) is 3.12. The van der Waals surface area contributed by atoms with Crippen molar-refractivity contribution in [3.8, 4) is 0 Å². The predicted molar refractivity (Wildman–Crippen MR) is 80.6 cm³/mol. The van der Waals surface area contributed by atoms with Crippen molar-refractivity contribution in [3.63, 3.8) is 0 Å². The molecular formula is C15H23NO2S. The Balaban J connectivity index is 2.44. The van der Waals surface area contributed by atoms with Gasteiger partial charge in [0.2, 0.25) is 0 Å². The van der Waals surface area contributed by atoms with Crippen LogP contribution in [0.1, 0.15) is 32.3 Å². The normalized spacial score (nSPS) is 15.5. The molecule has 1 aromatic rings. The third kappa shape index (κ3) is 6.53. The van der Waals surface area contributed by atoms with Crippen molar-refractivity contribution < 1.29 is 9.00 Å². The maximum absolute atomic E-state index is 11.7. The van der Waals surface area contributed by atoms with Crippen molar-refractivity contribution in [1.82, 2.24) is 0 Å². The fraction of sp³-hybridized carbons (Fsp3) is 0.533. The second-order valence-electron chi connectivity index (χ2n) is 5.07. The summed E-state index contributed by atoms with van der Waals surface area (Å²) in [6.07, 6.45) is 3.84. The first-order valence-corrected chi connectivity index (χ1v) is 8.78. The SMILES string of the molecule is CCS(C)(=O)=NC(=O)CC(C)CCc1ccccc1. The number of amides is 1. The Bertz CT molecular complexity index is 516. The lowest BCUT2D eigenvalue weighted by Gasteiger charge is -2.09. The van der Waals surface area contributed by atoms with Gasteiger partial charge in [0.05, 0.1) is 9.73 Å². The molecule has 0 radical (unpaired) electrons. The first-order valence-electron chi connectivity index (χ1n) is 6.69. The minimum atomic E-state index is -2.31. The summed E-state index contributed by atoms with van der Waals surface area (Å²) in [4.78, 5) is 11.7. The van der Waals surface area contributed by atoms with Crippen LogP contribution in [0.5, 0.6) is 0 Å². The summed E-state index contributed by atoms with van der Waals surface area (Å²) >= 11 is 0. The highest BCUT2D eigenvalue weighted by molar-refractivity contribution is 7.93. The quantitative estimate of drug-likeness (QED) is 0.803. The van der Waals surface area contributed by atoms with E-state index in [2.05, 4.69) is 16.5 Å². The number of carbonyl (C=O) groups excluding carboxylic acids is 1. The fourth-order valence-corrected chi connectivity index (χ4v) is 2.41. The van der Waals surface area contributed by atoms with E-state index in [1.54, 1.807) is 13.2 Å². The van der Waals surface area contributed by atoms with Crippen LogP contribution >= 0.6 is 0 Å². The Morgan fingerprint density at radius 1 is 1.32 bits per heavy atom. The van der Waals surface area contributed by atoms with E-state index in [0.29, 0.717) is 12.2 Å². The van der Waals surface area contributed by atoms with Crippen molar-refractivity contribution in [3.05, 3.63) is 35.9 Å². The lowest BCUT2D eigenvalue weighted by molar-refractivity contribution is -0.118. The van der Waals surface area contributed by atoms with Gasteiger partial charge in [-0.3, -0.25) is 4.79 Å². The molecule has 0 aliphatic carbocycles. The molecule has 3 nitrogen and oxygen atoms in total. The number of benzene rings is 1. The number of rotatable bonds is 6. The average molecular weight is 281 g/mol. The van der Waals surface area contributed by atoms with Crippen molar-refractivity contribution in [1.29, 1.82) is 0 Å². The maximum Gasteiger partial charge on any atom is 0.254 e. The van der Waals surface area contributed by atoms with Gasteiger partial charge in [-0.25, -0.2) is 4.21 Å². The summed E-state index contributed by atoms with van der Waals surface area (Å²) in [5.41, 5.74) is 1.28. The van der Waals surface area contributed by atoms with E-state index in [0.717, 1.165) is 12.8 Å². The van der Waals surface area contributed by atoms with Gasteiger partial charge in [0.15, 0.2) is 0 Å². The van der Waals surface area contributed by atoms with Gasteiger partial charge in [0.25, 0.3) is 5.91 Å². The smallest absolute Gasteiger partial charge is 0.254 e. The summed E-state index contributed by atoms with van der Waals surface area (Å²) in [5.74, 6) is 0.468. The first kappa shape index (κ1) is 15.9. The largest absolute Gasteiger partial charge is 0.272 e. The van der Waals surface area contributed by atoms with Gasteiger partial charge in [0, 0.05) is 18.4 Å². The highest BCUT2D eigenvalue weighted by Crippen LogP contribution is 2.13. The van der Waals surface area contributed by atoms with Crippen molar-refractivity contribution in [2.75, 3.05) is 12.0 Å². The van der Waals surface area contributed by atoms with E-state index < -0.39 is 9.73 Å². The molecule has 0 aliphatic heterocycles. The Morgan fingerprint density at radius 3 is 2.53 bits per heavy atom. The number of nitrogens with zero attached hydrogens (tertiary/aromatic N) is 1. The fourth-order valence-electron chi connectivity index (χ4n) is 1.78. The minimum absolute atomic E-state index is 0.227. The Labute approximate surface area is 116 Å². The molecule has 0 bridgehead atoms. The predicted octanol–water partition coefficient (Wildman–Crippen LogP) is 3.29. The molecule has 0 aliphatic rings. The zero-order valence-corrected chi connectivity index (χ0v) is 12.8. The van der Waals surface area contributed by atoms with Crippen LogP contribution in [0, 0.1) is 5.92 Å². The van der Waals surface area contributed by atoms with Gasteiger partial charge in [-0.05, 0) is 24.3 Å². The zero-order valence-electron chi connectivity index (χ0n) is 12.0. The highest BCUT2D eigenvalue weighted by Gasteiger charge is 2.10. The van der Waals surface area contributed by atoms with Crippen molar-refractivity contribution in [2.45, 2.75) is 33.1 Å². The monoisotopic (exact) mass is 281 g/mol. The van der Waals surface area contributed by atoms with Gasteiger partial charge in [-0.15, -0.1) is 0 Å². The topological polar surface area (TPSA) is 46.5 Å². The van der Waals surface area contributed by atoms with E-state index in [4.69, 9.17) is 0 Å². The number of carbonyl (C=O) groups is 1. The molecule has 0 heterocycles. The van der Waals surface area contributed by atoms with Gasteiger partial charge in [-0.1, -0.05) is 44.2 Å². The van der Waals surface area contributed by atoms with Gasteiger partial charge in [-0.2, -0.15) is 4.36 Å². The van der Waals surface area contributed by atoms with Crippen LogP contribution in [0.15, 0.2) is 34.7 Å². The second-order valence-corrected chi connectivity index (χ2v) is 7.75. The molecule has 0 saturated heterocycles. The van der Waals surface area contributed by atoms with Crippen molar-refractivity contribution >= 4 is 15.6 Å². The van der Waals surface area contributed by atoms with Gasteiger partial charge < -0.3 is 0 Å². The zero-order chi connectivity index (χ0) is 14.3. The Kier molecular flexibility index (Phi) is 6.22. The van der Waals surface area contributed by atoms with Crippen LogP contribution in [0.25, 0.3) is 0 Å². The standard InChI is InChI=1S/C15H23NO2S/c1-4-19(3,18)16-15(17)12-13(2)10-11-14-8-6-5-7-9-14/h5-9,13H,4,10-12H2,1-3H3. The molecule has 0 N–H and O–H groups in total. The number of aryl methyl sites for hydroxylation is 1. The Morgan fingerprint density at radius 2 is 1.95 bits per heavy atom. The van der Waals surface area contributed by atoms with E-state index >= 15 is 0 Å².